The summed E-state index contributed by atoms with van der Waals surface area (Å²) in [4.78, 5) is 0. The molecule has 2 atom stereocenters. The Morgan fingerprint density at radius 1 is 1.39 bits per heavy atom. The molecule has 1 aliphatic rings. The van der Waals surface area contributed by atoms with Crippen molar-refractivity contribution in [1.82, 2.24) is 5.32 Å². The van der Waals surface area contributed by atoms with Gasteiger partial charge in [-0.05, 0) is 55.3 Å². The molecule has 1 aromatic rings. The summed E-state index contributed by atoms with van der Waals surface area (Å²) >= 11 is 0. The molecule has 1 saturated heterocycles. The van der Waals surface area contributed by atoms with Crippen LogP contribution in [0.5, 0.6) is 5.75 Å². The van der Waals surface area contributed by atoms with E-state index >= 15 is 0 Å². The van der Waals surface area contributed by atoms with E-state index in [-0.39, 0.29) is 5.41 Å². The Labute approximate surface area is 110 Å². The lowest BCUT2D eigenvalue weighted by molar-refractivity contribution is 0.311. The van der Waals surface area contributed by atoms with Gasteiger partial charge < -0.3 is 10.4 Å². The molecule has 2 unspecified atom stereocenters. The summed E-state index contributed by atoms with van der Waals surface area (Å²) in [7, 11) is 0. The summed E-state index contributed by atoms with van der Waals surface area (Å²) in [6.07, 6.45) is 6.12. The van der Waals surface area contributed by atoms with Crippen molar-refractivity contribution in [1.29, 1.82) is 0 Å². The minimum absolute atomic E-state index is 0.199. The Bertz CT molecular complexity index is 378. The molecule has 1 heterocycles. The fourth-order valence-electron chi connectivity index (χ4n) is 3.04. The Kier molecular flexibility index (Phi) is 4.28. The minimum Gasteiger partial charge on any atom is -0.508 e. The zero-order valence-corrected chi connectivity index (χ0v) is 11.6. The topological polar surface area (TPSA) is 32.3 Å². The molecule has 100 valence electrons. The van der Waals surface area contributed by atoms with E-state index < -0.39 is 0 Å². The van der Waals surface area contributed by atoms with Crippen molar-refractivity contribution in [3.8, 4) is 5.75 Å². The summed E-state index contributed by atoms with van der Waals surface area (Å²) in [5.74, 6) is 0.384. The van der Waals surface area contributed by atoms with Crippen LogP contribution in [-0.2, 0) is 5.41 Å². The van der Waals surface area contributed by atoms with Crippen LogP contribution in [0.3, 0.4) is 0 Å². The van der Waals surface area contributed by atoms with Gasteiger partial charge >= 0.3 is 0 Å². The van der Waals surface area contributed by atoms with Crippen LogP contribution in [0.2, 0.25) is 0 Å². The zero-order chi connectivity index (χ0) is 13.0. The van der Waals surface area contributed by atoms with Crippen molar-refractivity contribution in [3.63, 3.8) is 0 Å². The SMILES string of the molecule is CCC1CCCC(C)(c2cccc(O)c2)CCN1. The molecule has 0 aliphatic carbocycles. The molecule has 1 aromatic carbocycles. The average molecular weight is 247 g/mol. The Hall–Kier alpha value is -1.02. The number of benzene rings is 1. The third-order valence-electron chi connectivity index (χ3n) is 4.43. The smallest absolute Gasteiger partial charge is 0.115 e. The van der Waals surface area contributed by atoms with Crippen LogP contribution in [0.25, 0.3) is 0 Å². The summed E-state index contributed by atoms with van der Waals surface area (Å²) < 4.78 is 0. The Morgan fingerprint density at radius 3 is 2.94 bits per heavy atom. The van der Waals surface area contributed by atoms with Crippen LogP contribution in [0, 0.1) is 0 Å². The van der Waals surface area contributed by atoms with Gasteiger partial charge in [-0.3, -0.25) is 0 Å². The molecule has 0 radical (unpaired) electrons. The van der Waals surface area contributed by atoms with Gasteiger partial charge in [0.25, 0.3) is 0 Å². The van der Waals surface area contributed by atoms with E-state index in [1.807, 2.05) is 12.1 Å². The first-order valence-electron chi connectivity index (χ1n) is 7.17. The van der Waals surface area contributed by atoms with Crippen LogP contribution < -0.4 is 5.32 Å². The first-order valence-corrected chi connectivity index (χ1v) is 7.17. The van der Waals surface area contributed by atoms with Crippen molar-refractivity contribution in [2.75, 3.05) is 6.54 Å². The van der Waals surface area contributed by atoms with E-state index in [1.165, 1.54) is 31.2 Å². The summed E-state index contributed by atoms with van der Waals surface area (Å²) in [6, 6.07) is 8.48. The van der Waals surface area contributed by atoms with E-state index in [9.17, 15) is 5.11 Å². The zero-order valence-electron chi connectivity index (χ0n) is 11.6. The maximum absolute atomic E-state index is 9.65. The number of phenolic OH excluding ortho intramolecular Hbond substituents is 1. The van der Waals surface area contributed by atoms with Gasteiger partial charge in [0.2, 0.25) is 0 Å². The highest BCUT2D eigenvalue weighted by Gasteiger charge is 2.28. The van der Waals surface area contributed by atoms with Crippen LogP contribution in [0.1, 0.15) is 51.5 Å². The highest BCUT2D eigenvalue weighted by molar-refractivity contribution is 5.32. The summed E-state index contributed by atoms with van der Waals surface area (Å²) in [5, 5.41) is 13.3. The molecule has 1 aliphatic heterocycles. The van der Waals surface area contributed by atoms with Crippen molar-refractivity contribution in [2.45, 2.75) is 57.4 Å². The van der Waals surface area contributed by atoms with E-state index in [0.29, 0.717) is 11.8 Å². The van der Waals surface area contributed by atoms with Crippen molar-refractivity contribution < 1.29 is 5.11 Å². The lowest BCUT2D eigenvalue weighted by Crippen LogP contribution is -2.37. The van der Waals surface area contributed by atoms with Crippen molar-refractivity contribution in [2.24, 2.45) is 0 Å². The molecule has 0 bridgehead atoms. The van der Waals surface area contributed by atoms with Gasteiger partial charge in [0.15, 0.2) is 0 Å². The van der Waals surface area contributed by atoms with Gasteiger partial charge in [-0.1, -0.05) is 32.4 Å². The predicted octanol–water partition coefficient (Wildman–Crippen LogP) is 3.59. The standard InChI is InChI=1S/C16H25NO/c1-3-14-7-5-9-16(2,10-11-17-14)13-6-4-8-15(18)12-13/h4,6,8,12,14,17-18H,3,5,7,9-11H2,1-2H3. The molecule has 1 fully saturated rings. The molecule has 2 heteroatoms. The molecular weight excluding hydrogens is 222 g/mol. The fraction of sp³-hybridized carbons (Fsp3) is 0.625. The van der Waals surface area contributed by atoms with Crippen LogP contribution in [0.15, 0.2) is 24.3 Å². The lowest BCUT2D eigenvalue weighted by Gasteiger charge is -2.34. The third-order valence-corrected chi connectivity index (χ3v) is 4.43. The maximum atomic E-state index is 9.65. The average Bonchev–Trinajstić information content (AvgIpc) is 2.34. The Morgan fingerprint density at radius 2 is 2.22 bits per heavy atom. The second kappa shape index (κ2) is 5.75. The number of phenols is 1. The fourth-order valence-corrected chi connectivity index (χ4v) is 3.04. The third kappa shape index (κ3) is 3.05. The number of hydrogen-bond acceptors (Lipinski definition) is 2. The highest BCUT2D eigenvalue weighted by atomic mass is 16.3. The van der Waals surface area contributed by atoms with E-state index in [1.54, 1.807) is 6.07 Å². The predicted molar refractivity (Wildman–Crippen MR) is 76.0 cm³/mol. The molecule has 0 spiro atoms. The number of nitrogens with one attached hydrogen (secondary N) is 1. The normalized spacial score (nSPS) is 29.6. The van der Waals surface area contributed by atoms with Gasteiger partial charge in [0.1, 0.15) is 5.75 Å². The van der Waals surface area contributed by atoms with Crippen molar-refractivity contribution in [3.05, 3.63) is 29.8 Å². The summed E-state index contributed by atoms with van der Waals surface area (Å²) in [6.45, 7) is 5.66. The molecule has 18 heavy (non-hydrogen) atoms. The van der Waals surface area contributed by atoms with E-state index in [2.05, 4.69) is 25.2 Å². The van der Waals surface area contributed by atoms with Gasteiger partial charge in [0.05, 0.1) is 0 Å². The Balaban J connectivity index is 2.11. The molecular formula is C16H25NO. The molecule has 2 rings (SSSR count). The quantitative estimate of drug-likeness (QED) is 0.837. The van der Waals surface area contributed by atoms with Gasteiger partial charge in [0, 0.05) is 6.04 Å². The van der Waals surface area contributed by atoms with Crippen LogP contribution in [0.4, 0.5) is 0 Å². The molecule has 2 N–H and O–H groups in total. The maximum Gasteiger partial charge on any atom is 0.115 e. The number of aromatic hydroxyl groups is 1. The van der Waals surface area contributed by atoms with Crippen LogP contribution >= 0.6 is 0 Å². The van der Waals surface area contributed by atoms with E-state index in [0.717, 1.165) is 13.0 Å². The molecule has 0 aromatic heterocycles. The number of rotatable bonds is 2. The second-order valence-corrected chi connectivity index (χ2v) is 5.81. The number of hydrogen-bond donors (Lipinski definition) is 2. The van der Waals surface area contributed by atoms with Crippen molar-refractivity contribution >= 4 is 0 Å². The van der Waals surface area contributed by atoms with Gasteiger partial charge in [-0.2, -0.15) is 0 Å². The van der Waals surface area contributed by atoms with E-state index in [4.69, 9.17) is 0 Å². The highest BCUT2D eigenvalue weighted by Crippen LogP contribution is 2.35. The minimum atomic E-state index is 0.199. The monoisotopic (exact) mass is 247 g/mol. The molecule has 0 amide bonds. The second-order valence-electron chi connectivity index (χ2n) is 5.81. The molecule has 2 nitrogen and oxygen atoms in total. The van der Waals surface area contributed by atoms with Gasteiger partial charge in [-0.15, -0.1) is 0 Å². The van der Waals surface area contributed by atoms with Gasteiger partial charge in [-0.25, -0.2) is 0 Å². The molecule has 0 saturated carbocycles. The first kappa shape index (κ1) is 13.4. The lowest BCUT2D eigenvalue weighted by atomic mass is 9.74. The largest absolute Gasteiger partial charge is 0.508 e. The van der Waals surface area contributed by atoms with Crippen LogP contribution in [-0.4, -0.2) is 17.7 Å². The summed E-state index contributed by atoms with van der Waals surface area (Å²) in [5.41, 5.74) is 1.48. The first-order chi connectivity index (χ1) is 8.64.